The summed E-state index contributed by atoms with van der Waals surface area (Å²) in [5.74, 6) is -1.27. The van der Waals surface area contributed by atoms with E-state index in [2.05, 4.69) is 24.1 Å². The first kappa shape index (κ1) is 15.9. The van der Waals surface area contributed by atoms with Gasteiger partial charge in [-0.1, -0.05) is 6.07 Å². The molecule has 2 rings (SSSR count). The quantitative estimate of drug-likeness (QED) is 0.845. The Labute approximate surface area is 125 Å². The molecule has 1 aliphatic rings. The van der Waals surface area contributed by atoms with E-state index in [4.69, 9.17) is 5.11 Å². The molecule has 0 amide bonds. The van der Waals surface area contributed by atoms with Gasteiger partial charge in [0.25, 0.3) is 0 Å². The van der Waals surface area contributed by atoms with Crippen LogP contribution in [-0.4, -0.2) is 41.7 Å². The lowest BCUT2D eigenvalue weighted by atomic mass is 10.1. The summed E-state index contributed by atoms with van der Waals surface area (Å²) in [5, 5.41) is 12.1. The van der Waals surface area contributed by atoms with Gasteiger partial charge in [-0.15, -0.1) is 0 Å². The van der Waals surface area contributed by atoms with Crippen LogP contribution in [0.4, 0.5) is 4.39 Å². The van der Waals surface area contributed by atoms with E-state index >= 15 is 0 Å². The van der Waals surface area contributed by atoms with Gasteiger partial charge in [-0.2, -0.15) is 0 Å². The number of nitrogens with one attached hydrogen (secondary N) is 1. The SMILES string of the molecule is CC(C)N1CCC(CNCc2ccc(C(=O)O)c(F)c2)C1. The Bertz CT molecular complexity index is 505. The van der Waals surface area contributed by atoms with E-state index in [0.717, 1.165) is 25.2 Å². The minimum absolute atomic E-state index is 0.276. The molecule has 4 nitrogen and oxygen atoms in total. The molecular weight excluding hydrogens is 271 g/mol. The van der Waals surface area contributed by atoms with Crippen molar-refractivity contribution in [2.75, 3.05) is 19.6 Å². The molecule has 0 spiro atoms. The third-order valence-corrected chi connectivity index (χ3v) is 4.07. The van der Waals surface area contributed by atoms with Gasteiger partial charge >= 0.3 is 5.97 Å². The fourth-order valence-electron chi connectivity index (χ4n) is 2.76. The Morgan fingerprint density at radius 2 is 2.29 bits per heavy atom. The number of carboxylic acids is 1. The summed E-state index contributed by atoms with van der Waals surface area (Å²) >= 11 is 0. The van der Waals surface area contributed by atoms with Gasteiger partial charge in [0.05, 0.1) is 5.56 Å². The molecule has 0 radical (unpaired) electrons. The van der Waals surface area contributed by atoms with Crippen molar-refractivity contribution in [1.82, 2.24) is 10.2 Å². The van der Waals surface area contributed by atoms with Gasteiger partial charge in [0.15, 0.2) is 0 Å². The Kier molecular flexibility index (Phi) is 5.31. The second-order valence-corrected chi connectivity index (χ2v) is 5.99. The maximum atomic E-state index is 13.6. The maximum Gasteiger partial charge on any atom is 0.338 e. The maximum absolute atomic E-state index is 13.6. The third-order valence-electron chi connectivity index (χ3n) is 4.07. The average molecular weight is 294 g/mol. The molecule has 0 saturated carbocycles. The zero-order chi connectivity index (χ0) is 15.4. The molecule has 0 aromatic heterocycles. The van der Waals surface area contributed by atoms with Gasteiger partial charge in [0, 0.05) is 19.1 Å². The molecule has 1 aliphatic heterocycles. The van der Waals surface area contributed by atoms with E-state index in [1.165, 1.54) is 18.6 Å². The molecule has 0 aliphatic carbocycles. The van der Waals surface area contributed by atoms with Crippen LogP contribution in [0.15, 0.2) is 18.2 Å². The smallest absolute Gasteiger partial charge is 0.338 e. The molecule has 21 heavy (non-hydrogen) atoms. The first-order valence-electron chi connectivity index (χ1n) is 7.44. The number of carboxylic acid groups (broad SMARTS) is 1. The molecule has 2 N–H and O–H groups in total. The van der Waals surface area contributed by atoms with Crippen molar-refractivity contribution in [2.45, 2.75) is 32.9 Å². The molecule has 0 bridgehead atoms. The Morgan fingerprint density at radius 1 is 1.52 bits per heavy atom. The van der Waals surface area contributed by atoms with Gasteiger partial charge in [-0.05, 0) is 57.0 Å². The van der Waals surface area contributed by atoms with Crippen LogP contribution in [0.2, 0.25) is 0 Å². The zero-order valence-electron chi connectivity index (χ0n) is 12.6. The summed E-state index contributed by atoms with van der Waals surface area (Å²) in [4.78, 5) is 13.2. The molecule has 5 heteroatoms. The van der Waals surface area contributed by atoms with Crippen LogP contribution in [-0.2, 0) is 6.54 Å². The Balaban J connectivity index is 1.79. The minimum atomic E-state index is -1.23. The highest BCUT2D eigenvalue weighted by molar-refractivity contribution is 5.87. The highest BCUT2D eigenvalue weighted by atomic mass is 19.1. The molecule has 1 saturated heterocycles. The lowest BCUT2D eigenvalue weighted by Crippen LogP contribution is -2.30. The lowest BCUT2D eigenvalue weighted by Gasteiger charge is -2.20. The Hall–Kier alpha value is -1.46. The zero-order valence-corrected chi connectivity index (χ0v) is 12.6. The number of hydrogen-bond acceptors (Lipinski definition) is 3. The minimum Gasteiger partial charge on any atom is -0.478 e. The molecule has 116 valence electrons. The molecular formula is C16H23FN2O2. The molecule has 1 aromatic rings. The van der Waals surface area contributed by atoms with Gasteiger partial charge in [0.1, 0.15) is 5.82 Å². The van der Waals surface area contributed by atoms with Crippen molar-refractivity contribution in [1.29, 1.82) is 0 Å². The number of carbonyl (C=O) groups is 1. The van der Waals surface area contributed by atoms with Crippen molar-refractivity contribution in [3.05, 3.63) is 35.1 Å². The van der Waals surface area contributed by atoms with Crippen LogP contribution in [0, 0.1) is 11.7 Å². The number of nitrogens with zero attached hydrogens (tertiary/aromatic N) is 1. The molecule has 1 fully saturated rings. The Morgan fingerprint density at radius 3 is 2.86 bits per heavy atom. The van der Waals surface area contributed by atoms with Crippen LogP contribution in [0.3, 0.4) is 0 Å². The summed E-state index contributed by atoms with van der Waals surface area (Å²) in [6.45, 7) is 8.15. The molecule has 1 unspecified atom stereocenters. The van der Waals surface area contributed by atoms with Crippen LogP contribution < -0.4 is 5.32 Å². The van der Waals surface area contributed by atoms with Gasteiger partial charge in [-0.25, -0.2) is 9.18 Å². The summed E-state index contributed by atoms with van der Waals surface area (Å²) < 4.78 is 13.6. The second-order valence-electron chi connectivity index (χ2n) is 5.99. The van der Waals surface area contributed by atoms with Crippen LogP contribution >= 0.6 is 0 Å². The summed E-state index contributed by atoms with van der Waals surface area (Å²) in [6, 6.07) is 4.87. The molecule has 1 heterocycles. The van der Waals surface area contributed by atoms with Crippen molar-refractivity contribution in [3.63, 3.8) is 0 Å². The fraction of sp³-hybridized carbons (Fsp3) is 0.562. The number of likely N-dealkylation sites (tertiary alicyclic amines) is 1. The largest absolute Gasteiger partial charge is 0.478 e. The number of rotatable bonds is 6. The number of aromatic carboxylic acids is 1. The summed E-state index contributed by atoms with van der Waals surface area (Å²) in [6.07, 6.45) is 1.19. The number of halogens is 1. The monoisotopic (exact) mass is 294 g/mol. The van der Waals surface area contributed by atoms with Gasteiger partial charge < -0.3 is 15.3 Å². The van der Waals surface area contributed by atoms with Crippen molar-refractivity contribution in [2.24, 2.45) is 5.92 Å². The first-order valence-corrected chi connectivity index (χ1v) is 7.44. The predicted molar refractivity (Wildman–Crippen MR) is 79.9 cm³/mol. The van der Waals surface area contributed by atoms with Crippen LogP contribution in [0.1, 0.15) is 36.2 Å². The fourth-order valence-corrected chi connectivity index (χ4v) is 2.76. The highest BCUT2D eigenvalue weighted by Crippen LogP contribution is 2.18. The van der Waals surface area contributed by atoms with Crippen LogP contribution in [0.5, 0.6) is 0 Å². The van der Waals surface area contributed by atoms with Crippen molar-refractivity contribution < 1.29 is 14.3 Å². The highest BCUT2D eigenvalue weighted by Gasteiger charge is 2.23. The van der Waals surface area contributed by atoms with Crippen LogP contribution in [0.25, 0.3) is 0 Å². The van der Waals surface area contributed by atoms with Gasteiger partial charge in [0.2, 0.25) is 0 Å². The van der Waals surface area contributed by atoms with Gasteiger partial charge in [-0.3, -0.25) is 0 Å². The second kappa shape index (κ2) is 7.00. The standard InChI is InChI=1S/C16H23FN2O2/c1-11(2)19-6-5-13(10-19)9-18-8-12-3-4-14(16(20)21)15(17)7-12/h3-4,7,11,13,18H,5-6,8-10H2,1-2H3,(H,20,21). The van der Waals surface area contributed by atoms with Crippen molar-refractivity contribution in [3.8, 4) is 0 Å². The lowest BCUT2D eigenvalue weighted by molar-refractivity contribution is 0.0692. The van der Waals surface area contributed by atoms with E-state index in [0.29, 0.717) is 18.5 Å². The normalized spacial score (nSPS) is 19.3. The van der Waals surface area contributed by atoms with Crippen molar-refractivity contribution >= 4 is 5.97 Å². The van der Waals surface area contributed by atoms with E-state index in [1.54, 1.807) is 6.07 Å². The van der Waals surface area contributed by atoms with E-state index in [1.807, 2.05) is 0 Å². The molecule has 1 aromatic carbocycles. The number of benzene rings is 1. The van der Waals surface area contributed by atoms with E-state index in [-0.39, 0.29) is 5.56 Å². The third kappa shape index (κ3) is 4.25. The first-order chi connectivity index (χ1) is 9.97. The van der Waals surface area contributed by atoms with E-state index < -0.39 is 11.8 Å². The number of hydrogen-bond donors (Lipinski definition) is 2. The summed E-state index contributed by atoms with van der Waals surface area (Å²) in [5.41, 5.74) is 0.498. The predicted octanol–water partition coefficient (Wildman–Crippen LogP) is 2.34. The average Bonchev–Trinajstić information content (AvgIpc) is 2.87. The topological polar surface area (TPSA) is 52.6 Å². The summed E-state index contributed by atoms with van der Waals surface area (Å²) in [7, 11) is 0. The molecule has 1 atom stereocenters. The van der Waals surface area contributed by atoms with E-state index in [9.17, 15) is 9.18 Å².